The van der Waals surface area contributed by atoms with E-state index >= 15 is 0 Å². The molecule has 26 heavy (non-hydrogen) atoms. The third-order valence-corrected chi connectivity index (χ3v) is 4.62. The van der Waals surface area contributed by atoms with E-state index in [9.17, 15) is 19.6 Å². The van der Waals surface area contributed by atoms with Crippen LogP contribution in [0.25, 0.3) is 0 Å². The maximum absolute atomic E-state index is 12.5. The van der Waals surface area contributed by atoms with Crippen molar-refractivity contribution < 1.29 is 9.59 Å². The van der Waals surface area contributed by atoms with E-state index in [0.717, 1.165) is 16.6 Å². The normalized spacial score (nSPS) is 13.0. The van der Waals surface area contributed by atoms with Crippen molar-refractivity contribution in [1.29, 1.82) is 5.26 Å². The highest BCUT2D eigenvalue weighted by Crippen LogP contribution is 2.22. The number of aryl methyl sites for hydroxylation is 1. The van der Waals surface area contributed by atoms with Crippen molar-refractivity contribution in [2.45, 2.75) is 39.2 Å². The summed E-state index contributed by atoms with van der Waals surface area (Å²) in [5, 5.41) is 12.1. The number of nitriles is 1. The molecule has 1 amide bonds. The Labute approximate surface area is 151 Å². The fraction of sp³-hybridized carbons (Fsp3) is 0.300. The van der Waals surface area contributed by atoms with Crippen LogP contribution in [0.2, 0.25) is 0 Å². The molecule has 0 radical (unpaired) electrons. The minimum atomic E-state index is -0.528. The fourth-order valence-corrected chi connectivity index (χ4v) is 3.29. The summed E-state index contributed by atoms with van der Waals surface area (Å²) in [6.45, 7) is 1.75. The third kappa shape index (κ3) is 3.29. The van der Waals surface area contributed by atoms with Gasteiger partial charge in [0.1, 0.15) is 18.2 Å². The molecule has 3 rings (SSSR count). The quantitative estimate of drug-likeness (QED) is 0.917. The minimum absolute atomic E-state index is 0.0303. The number of Topliss-reactive ketones (excluding diaryl/α,β-unsaturated/α-hetero) is 1. The zero-order chi connectivity index (χ0) is 18.7. The van der Waals surface area contributed by atoms with E-state index in [4.69, 9.17) is 0 Å². The first-order valence-corrected chi connectivity index (χ1v) is 8.62. The highest BCUT2D eigenvalue weighted by molar-refractivity contribution is 5.99. The molecular formula is C20H19N3O3. The van der Waals surface area contributed by atoms with E-state index in [1.807, 2.05) is 31.2 Å². The average Bonchev–Trinajstić information content (AvgIpc) is 2.63. The number of carbonyl (C=O) groups is 2. The molecule has 0 atom stereocenters. The number of amides is 1. The predicted molar refractivity (Wildman–Crippen MR) is 97.1 cm³/mol. The van der Waals surface area contributed by atoms with Crippen molar-refractivity contribution in [2.75, 3.05) is 5.32 Å². The molecule has 1 aliphatic carbocycles. The average molecular weight is 349 g/mol. The largest absolute Gasteiger partial charge is 0.324 e. The van der Waals surface area contributed by atoms with Crippen LogP contribution in [-0.4, -0.2) is 16.3 Å². The number of hydrogen-bond acceptors (Lipinski definition) is 4. The molecule has 0 bridgehead atoms. The van der Waals surface area contributed by atoms with E-state index in [0.29, 0.717) is 36.1 Å². The van der Waals surface area contributed by atoms with Gasteiger partial charge in [-0.2, -0.15) is 5.26 Å². The highest BCUT2D eigenvalue weighted by atomic mass is 16.2. The first-order chi connectivity index (χ1) is 12.5. The summed E-state index contributed by atoms with van der Waals surface area (Å²) in [4.78, 5) is 37.1. The van der Waals surface area contributed by atoms with E-state index < -0.39 is 5.56 Å². The number of anilines is 1. The van der Waals surface area contributed by atoms with Crippen LogP contribution >= 0.6 is 0 Å². The van der Waals surface area contributed by atoms with Crippen molar-refractivity contribution in [3.05, 3.63) is 63.1 Å². The molecule has 1 aliphatic rings. The van der Waals surface area contributed by atoms with Crippen LogP contribution in [0.15, 0.2) is 35.3 Å². The van der Waals surface area contributed by atoms with Gasteiger partial charge in [0, 0.05) is 23.9 Å². The van der Waals surface area contributed by atoms with Crippen LogP contribution in [-0.2, 0) is 24.2 Å². The Hall–Kier alpha value is -3.20. The summed E-state index contributed by atoms with van der Waals surface area (Å²) in [6, 6.07) is 9.36. The van der Waals surface area contributed by atoms with Crippen molar-refractivity contribution in [1.82, 2.24) is 4.57 Å². The van der Waals surface area contributed by atoms with Gasteiger partial charge in [0.2, 0.25) is 5.91 Å². The van der Waals surface area contributed by atoms with Gasteiger partial charge in [-0.05, 0) is 36.5 Å². The molecule has 1 aromatic heterocycles. The number of benzene rings is 1. The second-order valence-corrected chi connectivity index (χ2v) is 6.28. The van der Waals surface area contributed by atoms with Gasteiger partial charge in [0.15, 0.2) is 5.78 Å². The van der Waals surface area contributed by atoms with Gasteiger partial charge in [-0.15, -0.1) is 0 Å². The molecule has 2 aromatic rings. The second-order valence-electron chi connectivity index (χ2n) is 6.28. The van der Waals surface area contributed by atoms with Crippen LogP contribution in [0.5, 0.6) is 0 Å². The summed E-state index contributed by atoms with van der Waals surface area (Å²) in [5.74, 6) is -0.465. The number of hydrogen-bond donors (Lipinski definition) is 1. The predicted octanol–water partition coefficient (Wildman–Crippen LogP) is 2.44. The van der Waals surface area contributed by atoms with E-state index in [-0.39, 0.29) is 23.8 Å². The van der Waals surface area contributed by atoms with Gasteiger partial charge >= 0.3 is 0 Å². The van der Waals surface area contributed by atoms with E-state index in [1.165, 1.54) is 6.20 Å². The zero-order valence-electron chi connectivity index (χ0n) is 14.5. The third-order valence-electron chi connectivity index (χ3n) is 4.62. The summed E-state index contributed by atoms with van der Waals surface area (Å²) >= 11 is 0. The summed E-state index contributed by atoms with van der Waals surface area (Å²) in [6.07, 6.45) is 3.76. The lowest BCUT2D eigenvalue weighted by atomic mass is 9.89. The number of para-hydroxylation sites is 1. The van der Waals surface area contributed by atoms with Gasteiger partial charge in [-0.3, -0.25) is 14.4 Å². The maximum atomic E-state index is 12.5. The van der Waals surface area contributed by atoms with E-state index in [2.05, 4.69) is 5.32 Å². The fourth-order valence-electron chi connectivity index (χ4n) is 3.29. The Morgan fingerprint density at radius 3 is 2.77 bits per heavy atom. The number of fused-ring (bicyclic) bond motifs is 1. The van der Waals surface area contributed by atoms with Crippen LogP contribution in [0, 0.1) is 11.3 Å². The monoisotopic (exact) mass is 349 g/mol. The smallest absolute Gasteiger partial charge is 0.269 e. The Balaban J connectivity index is 1.92. The first-order valence-electron chi connectivity index (χ1n) is 8.62. The number of pyridine rings is 1. The second kappa shape index (κ2) is 7.36. The summed E-state index contributed by atoms with van der Waals surface area (Å²) < 4.78 is 1.16. The zero-order valence-corrected chi connectivity index (χ0v) is 14.5. The number of nitrogens with one attached hydrogen (secondary N) is 1. The number of nitrogens with zero attached hydrogens (tertiary/aromatic N) is 2. The lowest BCUT2D eigenvalue weighted by Crippen LogP contribution is -2.32. The molecule has 6 heteroatoms. The van der Waals surface area contributed by atoms with Crippen LogP contribution in [0.4, 0.5) is 5.69 Å². The van der Waals surface area contributed by atoms with Crippen molar-refractivity contribution in [3.63, 3.8) is 0 Å². The summed E-state index contributed by atoms with van der Waals surface area (Å²) in [5.41, 5.74) is 2.03. The van der Waals surface area contributed by atoms with Crippen molar-refractivity contribution in [3.8, 4) is 6.07 Å². The molecule has 1 aromatic carbocycles. The Morgan fingerprint density at radius 2 is 2.04 bits per heavy atom. The summed E-state index contributed by atoms with van der Waals surface area (Å²) in [7, 11) is 0. The van der Waals surface area contributed by atoms with Crippen molar-refractivity contribution >= 4 is 17.4 Å². The standard InChI is InChI=1S/C20H19N3O3/c1-2-13-6-3-4-8-17(13)22-19(25)12-23-11-16-14(7-5-9-18(16)24)15(10-21)20(23)26/h3-4,6,8,11H,2,5,7,9,12H2,1H3,(H,22,25). The lowest BCUT2D eigenvalue weighted by Gasteiger charge is -2.18. The molecule has 132 valence electrons. The molecule has 0 aliphatic heterocycles. The number of carbonyl (C=O) groups excluding carboxylic acids is 2. The molecule has 0 spiro atoms. The molecule has 1 heterocycles. The van der Waals surface area contributed by atoms with Gasteiger partial charge < -0.3 is 9.88 Å². The molecule has 0 saturated heterocycles. The molecule has 6 nitrogen and oxygen atoms in total. The topological polar surface area (TPSA) is 92.0 Å². The van der Waals surface area contributed by atoms with Crippen LogP contribution < -0.4 is 10.9 Å². The number of aromatic nitrogens is 1. The molecule has 0 fully saturated rings. The Kier molecular flexibility index (Phi) is 4.99. The first kappa shape index (κ1) is 17.6. The SMILES string of the molecule is CCc1ccccc1NC(=O)Cn1cc2c(c(C#N)c1=O)CCCC2=O. The van der Waals surface area contributed by atoms with Gasteiger partial charge in [0.05, 0.1) is 0 Å². The van der Waals surface area contributed by atoms with Crippen molar-refractivity contribution in [2.24, 2.45) is 0 Å². The molecule has 0 unspecified atom stereocenters. The lowest BCUT2D eigenvalue weighted by molar-refractivity contribution is -0.116. The Bertz CT molecular complexity index is 983. The highest BCUT2D eigenvalue weighted by Gasteiger charge is 2.24. The Morgan fingerprint density at radius 1 is 1.27 bits per heavy atom. The van der Waals surface area contributed by atoms with Gasteiger partial charge in [0.25, 0.3) is 5.56 Å². The molecule has 1 N–H and O–H groups in total. The number of ketones is 1. The minimum Gasteiger partial charge on any atom is -0.324 e. The maximum Gasteiger partial charge on any atom is 0.269 e. The van der Waals surface area contributed by atoms with Gasteiger partial charge in [-0.1, -0.05) is 25.1 Å². The van der Waals surface area contributed by atoms with Gasteiger partial charge in [-0.25, -0.2) is 0 Å². The van der Waals surface area contributed by atoms with Crippen LogP contribution in [0.1, 0.15) is 46.8 Å². The van der Waals surface area contributed by atoms with E-state index in [1.54, 1.807) is 6.07 Å². The number of rotatable bonds is 4. The molecule has 0 saturated carbocycles. The molecular weight excluding hydrogens is 330 g/mol. The van der Waals surface area contributed by atoms with Crippen LogP contribution in [0.3, 0.4) is 0 Å².